The van der Waals surface area contributed by atoms with Crippen LogP contribution in [0, 0.1) is 6.92 Å². The first-order chi connectivity index (χ1) is 11.1. The van der Waals surface area contributed by atoms with E-state index < -0.39 is 0 Å². The van der Waals surface area contributed by atoms with E-state index in [-0.39, 0.29) is 18.4 Å². The van der Waals surface area contributed by atoms with Gasteiger partial charge in [0.1, 0.15) is 5.75 Å². The number of carbonyl (C=O) groups is 2. The van der Waals surface area contributed by atoms with Crippen LogP contribution in [0.2, 0.25) is 0 Å². The lowest BCUT2D eigenvalue weighted by atomic mass is 10.1. The van der Waals surface area contributed by atoms with Gasteiger partial charge in [0.2, 0.25) is 5.91 Å². The van der Waals surface area contributed by atoms with E-state index in [1.54, 1.807) is 4.90 Å². The van der Waals surface area contributed by atoms with Crippen molar-refractivity contribution in [2.24, 2.45) is 0 Å². The van der Waals surface area contributed by atoms with Crippen LogP contribution in [0.15, 0.2) is 18.2 Å². The molecule has 1 aromatic carbocycles. The van der Waals surface area contributed by atoms with Crippen molar-refractivity contribution in [1.82, 2.24) is 10.2 Å². The van der Waals surface area contributed by atoms with Crippen LogP contribution in [0.4, 0.5) is 5.69 Å². The normalized spacial score (nSPS) is 18.2. The van der Waals surface area contributed by atoms with E-state index >= 15 is 0 Å². The van der Waals surface area contributed by atoms with Gasteiger partial charge < -0.3 is 19.9 Å². The number of ether oxygens (including phenoxy) is 1. The van der Waals surface area contributed by atoms with Gasteiger partial charge in [-0.25, -0.2) is 0 Å². The Morgan fingerprint density at radius 3 is 3.04 bits per heavy atom. The fourth-order valence-electron chi connectivity index (χ4n) is 3.02. The summed E-state index contributed by atoms with van der Waals surface area (Å²) < 4.78 is 5.47. The van der Waals surface area contributed by atoms with Crippen molar-refractivity contribution in [1.29, 1.82) is 0 Å². The van der Waals surface area contributed by atoms with Crippen molar-refractivity contribution in [3.05, 3.63) is 23.8 Å². The number of rotatable bonds is 3. The zero-order valence-corrected chi connectivity index (χ0v) is 13.5. The Hall–Kier alpha value is -2.08. The van der Waals surface area contributed by atoms with Crippen molar-refractivity contribution in [2.75, 3.05) is 44.2 Å². The van der Waals surface area contributed by atoms with Crippen molar-refractivity contribution in [3.8, 4) is 5.75 Å². The largest absolute Gasteiger partial charge is 0.482 e. The summed E-state index contributed by atoms with van der Waals surface area (Å²) in [7, 11) is 0. The second kappa shape index (κ2) is 7.00. The van der Waals surface area contributed by atoms with E-state index in [0.29, 0.717) is 18.7 Å². The Morgan fingerprint density at radius 2 is 2.17 bits per heavy atom. The number of nitrogens with zero attached hydrogens (tertiary/aromatic N) is 2. The molecule has 0 radical (unpaired) electrons. The van der Waals surface area contributed by atoms with Crippen LogP contribution in [0.1, 0.15) is 18.4 Å². The monoisotopic (exact) mass is 317 g/mol. The third-order valence-corrected chi connectivity index (χ3v) is 4.30. The third kappa shape index (κ3) is 3.64. The van der Waals surface area contributed by atoms with E-state index in [1.807, 2.05) is 30.0 Å². The Morgan fingerprint density at radius 1 is 1.30 bits per heavy atom. The smallest absolute Gasteiger partial charge is 0.265 e. The third-order valence-electron chi connectivity index (χ3n) is 4.30. The van der Waals surface area contributed by atoms with Crippen LogP contribution in [-0.4, -0.2) is 56.0 Å². The van der Waals surface area contributed by atoms with E-state index in [9.17, 15) is 9.59 Å². The lowest BCUT2D eigenvalue weighted by molar-refractivity contribution is -0.130. The van der Waals surface area contributed by atoms with Gasteiger partial charge in [0, 0.05) is 32.6 Å². The molecule has 2 aliphatic heterocycles. The molecule has 0 spiro atoms. The van der Waals surface area contributed by atoms with Crippen LogP contribution < -0.4 is 15.0 Å². The molecule has 2 amide bonds. The highest BCUT2D eigenvalue weighted by molar-refractivity contribution is 5.98. The van der Waals surface area contributed by atoms with E-state index in [4.69, 9.17) is 4.74 Å². The van der Waals surface area contributed by atoms with Gasteiger partial charge in [0.25, 0.3) is 5.91 Å². The van der Waals surface area contributed by atoms with Crippen molar-refractivity contribution in [3.63, 3.8) is 0 Å². The average Bonchev–Trinajstić information content (AvgIpc) is 2.83. The molecule has 1 aromatic rings. The lowest BCUT2D eigenvalue weighted by Crippen LogP contribution is -2.42. The molecular formula is C17H23N3O3. The first kappa shape index (κ1) is 15.8. The number of carbonyl (C=O) groups excluding carboxylic acids is 2. The van der Waals surface area contributed by atoms with Crippen LogP contribution in [-0.2, 0) is 9.59 Å². The topological polar surface area (TPSA) is 61.9 Å². The second-order valence-electron chi connectivity index (χ2n) is 6.04. The van der Waals surface area contributed by atoms with Crippen molar-refractivity contribution >= 4 is 17.5 Å². The predicted molar refractivity (Wildman–Crippen MR) is 87.7 cm³/mol. The molecule has 6 heteroatoms. The summed E-state index contributed by atoms with van der Waals surface area (Å²) >= 11 is 0. The molecule has 1 fully saturated rings. The summed E-state index contributed by atoms with van der Waals surface area (Å²) in [5.74, 6) is 0.734. The van der Waals surface area contributed by atoms with Crippen molar-refractivity contribution in [2.45, 2.75) is 19.8 Å². The van der Waals surface area contributed by atoms with Gasteiger partial charge in [-0.1, -0.05) is 6.07 Å². The summed E-state index contributed by atoms with van der Waals surface area (Å²) in [6.45, 7) is 5.75. The Balaban J connectivity index is 1.66. The summed E-state index contributed by atoms with van der Waals surface area (Å²) in [5, 5.41) is 3.29. The van der Waals surface area contributed by atoms with Gasteiger partial charge in [-0.2, -0.15) is 0 Å². The molecule has 1 N–H and O–H groups in total. The summed E-state index contributed by atoms with van der Waals surface area (Å²) in [6.07, 6.45) is 1.32. The Bertz CT molecular complexity index is 595. The molecule has 0 saturated carbocycles. The number of nitrogens with one attached hydrogen (secondary N) is 1. The van der Waals surface area contributed by atoms with E-state index in [0.717, 1.165) is 43.9 Å². The van der Waals surface area contributed by atoms with Crippen LogP contribution in [0.3, 0.4) is 0 Å². The zero-order chi connectivity index (χ0) is 16.2. The van der Waals surface area contributed by atoms with Gasteiger partial charge >= 0.3 is 0 Å². The first-order valence-corrected chi connectivity index (χ1v) is 8.17. The minimum Gasteiger partial charge on any atom is -0.482 e. The molecule has 0 atom stereocenters. The lowest BCUT2D eigenvalue weighted by Gasteiger charge is -2.30. The maximum absolute atomic E-state index is 12.4. The number of benzene rings is 1. The van der Waals surface area contributed by atoms with E-state index in [2.05, 4.69) is 5.32 Å². The molecule has 0 bridgehead atoms. The number of hydrogen-bond acceptors (Lipinski definition) is 4. The molecule has 0 unspecified atom stereocenters. The highest BCUT2D eigenvalue weighted by atomic mass is 16.5. The minimum atomic E-state index is -0.0894. The number of aryl methyl sites for hydroxylation is 1. The maximum Gasteiger partial charge on any atom is 0.265 e. The Kier molecular flexibility index (Phi) is 4.81. The number of fused-ring (bicyclic) bond motifs is 1. The molecule has 2 heterocycles. The van der Waals surface area contributed by atoms with Gasteiger partial charge in [-0.05, 0) is 37.6 Å². The number of amides is 2. The number of anilines is 1. The molecule has 0 aromatic heterocycles. The molecular weight excluding hydrogens is 294 g/mol. The molecule has 1 saturated heterocycles. The van der Waals surface area contributed by atoms with Crippen LogP contribution in [0.25, 0.3) is 0 Å². The van der Waals surface area contributed by atoms with Gasteiger partial charge in [0.15, 0.2) is 6.61 Å². The SMILES string of the molecule is Cc1ccc2c(c1)N(CCC(=O)N1CCCNCC1)C(=O)CO2. The molecule has 2 aliphatic rings. The molecule has 6 nitrogen and oxygen atoms in total. The standard InChI is InChI=1S/C17H23N3O3/c1-13-3-4-15-14(11-13)20(17(22)12-23-15)9-5-16(21)19-8-2-6-18-7-10-19/h3-4,11,18H,2,5-10,12H2,1H3. The zero-order valence-electron chi connectivity index (χ0n) is 13.5. The molecule has 3 rings (SSSR count). The number of hydrogen-bond donors (Lipinski definition) is 1. The van der Waals surface area contributed by atoms with Crippen LogP contribution in [0.5, 0.6) is 5.75 Å². The van der Waals surface area contributed by atoms with Crippen molar-refractivity contribution < 1.29 is 14.3 Å². The van der Waals surface area contributed by atoms with E-state index in [1.165, 1.54) is 0 Å². The van der Waals surface area contributed by atoms with Crippen LogP contribution >= 0.6 is 0 Å². The minimum absolute atomic E-state index is 0.0396. The second-order valence-corrected chi connectivity index (χ2v) is 6.04. The quantitative estimate of drug-likeness (QED) is 0.901. The highest BCUT2D eigenvalue weighted by Gasteiger charge is 2.26. The van der Waals surface area contributed by atoms with Gasteiger partial charge in [0.05, 0.1) is 5.69 Å². The fourth-order valence-corrected chi connectivity index (χ4v) is 3.02. The molecule has 23 heavy (non-hydrogen) atoms. The summed E-state index contributed by atoms with van der Waals surface area (Å²) in [6, 6.07) is 5.78. The summed E-state index contributed by atoms with van der Waals surface area (Å²) in [5.41, 5.74) is 1.84. The first-order valence-electron chi connectivity index (χ1n) is 8.17. The Labute approximate surface area is 136 Å². The average molecular weight is 317 g/mol. The molecule has 124 valence electrons. The fraction of sp³-hybridized carbons (Fsp3) is 0.529. The summed E-state index contributed by atoms with van der Waals surface area (Å²) in [4.78, 5) is 28.2. The highest BCUT2D eigenvalue weighted by Crippen LogP contribution is 2.32. The predicted octanol–water partition coefficient (Wildman–Crippen LogP) is 0.932. The maximum atomic E-state index is 12.4. The van der Waals surface area contributed by atoms with Gasteiger partial charge in [-0.3, -0.25) is 9.59 Å². The molecule has 0 aliphatic carbocycles. The van der Waals surface area contributed by atoms with Gasteiger partial charge in [-0.15, -0.1) is 0 Å².